The van der Waals surface area contributed by atoms with E-state index < -0.39 is 0 Å². The number of carbonyl (C=O) groups excluding carboxylic acids is 2. The second kappa shape index (κ2) is 16.4. The highest BCUT2D eigenvalue weighted by atomic mass is 31.1. The minimum Gasteiger partial charge on any atom is -0.299 e. The zero-order valence-electron chi connectivity index (χ0n) is 24.4. The molecule has 200 valence electrons. The van der Waals surface area contributed by atoms with Crippen LogP contribution >= 0.6 is 8.58 Å². The van der Waals surface area contributed by atoms with Crippen molar-refractivity contribution < 1.29 is 9.59 Å². The highest BCUT2D eigenvalue weighted by Crippen LogP contribution is 2.37. The van der Waals surface area contributed by atoms with Gasteiger partial charge >= 0.3 is 0 Å². The Labute approximate surface area is 212 Å². The zero-order chi connectivity index (χ0) is 25.9. The van der Waals surface area contributed by atoms with Gasteiger partial charge in [0.05, 0.1) is 0 Å². The molecule has 1 unspecified atom stereocenters. The molecule has 0 rings (SSSR count). The summed E-state index contributed by atoms with van der Waals surface area (Å²) in [4.78, 5) is 23.4. The van der Waals surface area contributed by atoms with Crippen molar-refractivity contribution in [1.29, 1.82) is 0 Å². The summed E-state index contributed by atoms with van der Waals surface area (Å²) in [5, 5.41) is 0. The third kappa shape index (κ3) is 22.0. The number of Topliss-reactive ketones (excluding diaryl/α,β-unsaturated/α-hetero) is 2. The van der Waals surface area contributed by atoms with E-state index in [-0.39, 0.29) is 30.1 Å². The molecule has 0 heterocycles. The maximum absolute atomic E-state index is 11.9. The summed E-state index contributed by atoms with van der Waals surface area (Å²) in [5.74, 6) is 2.62. The first-order valence-corrected chi connectivity index (χ1v) is 14.4. The van der Waals surface area contributed by atoms with Gasteiger partial charge in [0, 0.05) is 24.7 Å². The minimum atomic E-state index is 0. The Morgan fingerprint density at radius 1 is 0.576 bits per heavy atom. The van der Waals surface area contributed by atoms with E-state index in [1.807, 2.05) is 27.7 Å². The largest absolute Gasteiger partial charge is 0.299 e. The molecule has 0 N–H and O–H groups in total. The topological polar surface area (TPSA) is 34.1 Å². The van der Waals surface area contributed by atoms with E-state index in [1.54, 1.807) is 0 Å². The van der Waals surface area contributed by atoms with Crippen LogP contribution in [0.25, 0.3) is 0 Å². The van der Waals surface area contributed by atoms with Gasteiger partial charge < -0.3 is 0 Å². The molecule has 0 fully saturated rings. The molecule has 0 aliphatic carbocycles. The number of hydrogen-bond donors (Lipinski definition) is 0. The molecule has 0 aromatic carbocycles. The molecule has 0 spiro atoms. The van der Waals surface area contributed by atoms with Crippen molar-refractivity contribution in [3.8, 4) is 0 Å². The smallest absolute Gasteiger partial charge is 0.135 e. The average Bonchev–Trinajstić information content (AvgIpc) is 2.50. The van der Waals surface area contributed by atoms with Crippen LogP contribution in [0.1, 0.15) is 130 Å². The fourth-order valence-electron chi connectivity index (χ4n) is 4.51. The third-order valence-corrected chi connectivity index (χ3v) is 8.14. The summed E-state index contributed by atoms with van der Waals surface area (Å²) in [5.41, 5.74) is 0.800. The maximum atomic E-state index is 11.9. The fourth-order valence-corrected chi connectivity index (χ4v) is 6.26. The normalized spacial score (nSPS) is 13.0. The Morgan fingerprint density at radius 3 is 1.21 bits per heavy atom. The standard InChI is InChI=1S/C17H35OP.C12H24O.CH4/c1-13(2)9-16(5,6)11-19-12-17(7,8)10-15(18)14(3)4;1-9(2)7-12(5,6)8-11(13)10(3)4;/h13-14,19H,9-12H2,1-8H3;9-10H,7-8H2,1-6H3;1H4. The van der Waals surface area contributed by atoms with E-state index in [0.29, 0.717) is 22.9 Å². The molecule has 0 aliphatic heterocycles. The summed E-state index contributed by atoms with van der Waals surface area (Å²) in [7, 11) is 0.975. The van der Waals surface area contributed by atoms with Gasteiger partial charge in [0.25, 0.3) is 0 Å². The van der Waals surface area contributed by atoms with Crippen molar-refractivity contribution in [2.24, 2.45) is 39.9 Å². The molecule has 2 nitrogen and oxygen atoms in total. The average molecular weight is 487 g/mol. The Bertz CT molecular complexity index is 539. The lowest BCUT2D eigenvalue weighted by atomic mass is 9.78. The van der Waals surface area contributed by atoms with Gasteiger partial charge in [-0.3, -0.25) is 9.59 Å². The maximum Gasteiger partial charge on any atom is 0.135 e. The molecular formula is C30H63O2P. The van der Waals surface area contributed by atoms with E-state index in [0.717, 1.165) is 33.8 Å². The van der Waals surface area contributed by atoms with E-state index in [2.05, 4.69) is 69.2 Å². The summed E-state index contributed by atoms with van der Waals surface area (Å²) in [6, 6.07) is 0. The molecule has 0 saturated carbocycles. The van der Waals surface area contributed by atoms with Crippen molar-refractivity contribution in [1.82, 2.24) is 0 Å². The van der Waals surface area contributed by atoms with Gasteiger partial charge in [-0.2, -0.15) is 0 Å². The Balaban J connectivity index is -0.000000566. The van der Waals surface area contributed by atoms with Crippen LogP contribution in [0.15, 0.2) is 0 Å². The third-order valence-electron chi connectivity index (χ3n) is 5.72. The zero-order valence-corrected chi connectivity index (χ0v) is 25.4. The monoisotopic (exact) mass is 486 g/mol. The quantitative estimate of drug-likeness (QED) is 0.229. The van der Waals surface area contributed by atoms with Crippen molar-refractivity contribution in [3.63, 3.8) is 0 Å². The second-order valence-electron chi connectivity index (χ2n) is 13.9. The first kappa shape index (κ1) is 37.3. The molecule has 1 atom stereocenters. The first-order valence-electron chi connectivity index (χ1n) is 13.0. The number of ketones is 2. The van der Waals surface area contributed by atoms with Crippen molar-refractivity contribution in [2.75, 3.05) is 12.3 Å². The van der Waals surface area contributed by atoms with Gasteiger partial charge in [-0.1, -0.05) is 104 Å². The van der Waals surface area contributed by atoms with Crippen LogP contribution in [0.3, 0.4) is 0 Å². The van der Waals surface area contributed by atoms with Crippen molar-refractivity contribution in [2.45, 2.75) is 130 Å². The molecule has 0 radical (unpaired) electrons. The first-order chi connectivity index (χ1) is 14.2. The van der Waals surface area contributed by atoms with E-state index in [1.165, 1.54) is 18.7 Å². The molecule has 3 heteroatoms. The number of rotatable bonds is 14. The lowest BCUT2D eigenvalue weighted by Gasteiger charge is -2.30. The second-order valence-corrected chi connectivity index (χ2v) is 15.1. The van der Waals surface area contributed by atoms with E-state index >= 15 is 0 Å². The van der Waals surface area contributed by atoms with Crippen LogP contribution in [-0.4, -0.2) is 23.9 Å². The summed E-state index contributed by atoms with van der Waals surface area (Å²) < 4.78 is 0. The summed E-state index contributed by atoms with van der Waals surface area (Å²) in [6.45, 7) is 30.6. The van der Waals surface area contributed by atoms with E-state index in [9.17, 15) is 9.59 Å². The van der Waals surface area contributed by atoms with E-state index in [4.69, 9.17) is 0 Å². The molecule has 0 amide bonds. The lowest BCUT2D eigenvalue weighted by Crippen LogP contribution is -2.24. The van der Waals surface area contributed by atoms with Crippen LogP contribution in [0.2, 0.25) is 0 Å². The molecule has 0 aliphatic rings. The summed E-state index contributed by atoms with van der Waals surface area (Å²) in [6.07, 6.45) is 6.37. The molecule has 0 bridgehead atoms. The molecule has 0 saturated heterocycles. The van der Waals surface area contributed by atoms with Crippen LogP contribution in [0.4, 0.5) is 0 Å². The van der Waals surface area contributed by atoms with Crippen LogP contribution < -0.4 is 0 Å². The lowest BCUT2D eigenvalue weighted by molar-refractivity contribution is -0.124. The van der Waals surface area contributed by atoms with Crippen molar-refractivity contribution >= 4 is 20.1 Å². The predicted octanol–water partition coefficient (Wildman–Crippen LogP) is 9.69. The molecule has 33 heavy (non-hydrogen) atoms. The molecule has 0 aromatic rings. The highest BCUT2D eigenvalue weighted by Gasteiger charge is 2.26. The molecular weight excluding hydrogens is 423 g/mol. The van der Waals surface area contributed by atoms with Gasteiger partial charge in [-0.25, -0.2) is 0 Å². The minimum absolute atomic E-state index is 0. The van der Waals surface area contributed by atoms with Gasteiger partial charge in [-0.15, -0.1) is 8.58 Å². The van der Waals surface area contributed by atoms with Gasteiger partial charge in [0.15, 0.2) is 0 Å². The van der Waals surface area contributed by atoms with Crippen molar-refractivity contribution in [3.05, 3.63) is 0 Å². The highest BCUT2D eigenvalue weighted by molar-refractivity contribution is 7.38. The molecule has 0 aromatic heterocycles. The Hall–Kier alpha value is -0.230. The SMILES string of the molecule is C.CC(C)CC(C)(C)CC(=O)C(C)C.CC(C)CC(C)(C)CPCC(C)(C)CC(=O)C(C)C. The number of hydrogen-bond acceptors (Lipinski definition) is 2. The Morgan fingerprint density at radius 2 is 0.879 bits per heavy atom. The van der Waals surface area contributed by atoms with Gasteiger partial charge in [0.1, 0.15) is 11.6 Å². The predicted molar refractivity (Wildman–Crippen MR) is 154 cm³/mol. The summed E-state index contributed by atoms with van der Waals surface area (Å²) >= 11 is 0. The fraction of sp³-hybridized carbons (Fsp3) is 0.933. The van der Waals surface area contributed by atoms with Crippen LogP contribution in [-0.2, 0) is 9.59 Å². The van der Waals surface area contributed by atoms with Gasteiger partial charge in [-0.05, 0) is 53.2 Å². The van der Waals surface area contributed by atoms with Gasteiger partial charge in [0.2, 0.25) is 0 Å². The van der Waals surface area contributed by atoms with Crippen LogP contribution in [0, 0.1) is 39.9 Å². The Kier molecular flexibility index (Phi) is 18.6. The van der Waals surface area contributed by atoms with Crippen LogP contribution in [0.5, 0.6) is 0 Å². The number of carbonyl (C=O) groups is 2.